The largest absolute Gasteiger partial charge is 0.368 e. The highest BCUT2D eigenvalue weighted by Gasteiger charge is 2.29. The standard InChI is InChI=1S/C15H24N2/c1-10(2)17-9-11(3)15-13(8-12(4)16)6-5-7-14(15)17/h5-7,10-12H,8-9,16H2,1-4H3. The van der Waals surface area contributed by atoms with E-state index in [1.54, 1.807) is 0 Å². The van der Waals surface area contributed by atoms with Crippen molar-refractivity contribution < 1.29 is 0 Å². The van der Waals surface area contributed by atoms with Crippen molar-refractivity contribution in [2.45, 2.75) is 52.1 Å². The Labute approximate surface area is 105 Å². The summed E-state index contributed by atoms with van der Waals surface area (Å²) in [6.45, 7) is 10.1. The molecule has 0 spiro atoms. The van der Waals surface area contributed by atoms with Gasteiger partial charge in [0, 0.05) is 30.2 Å². The molecule has 2 nitrogen and oxygen atoms in total. The highest BCUT2D eigenvalue weighted by atomic mass is 15.2. The van der Waals surface area contributed by atoms with Crippen LogP contribution in [0.2, 0.25) is 0 Å². The number of anilines is 1. The molecule has 0 radical (unpaired) electrons. The molecule has 1 aromatic carbocycles. The zero-order valence-corrected chi connectivity index (χ0v) is 11.4. The number of hydrogen-bond donors (Lipinski definition) is 1. The van der Waals surface area contributed by atoms with Gasteiger partial charge in [-0.05, 0) is 44.4 Å². The van der Waals surface area contributed by atoms with Crippen LogP contribution < -0.4 is 10.6 Å². The lowest BCUT2D eigenvalue weighted by molar-refractivity contribution is 0.666. The fourth-order valence-corrected chi connectivity index (χ4v) is 2.92. The SMILES string of the molecule is CC(N)Cc1cccc2c1C(C)CN2C(C)C. The molecule has 2 rings (SSSR count). The highest BCUT2D eigenvalue weighted by Crippen LogP contribution is 2.39. The number of hydrogen-bond acceptors (Lipinski definition) is 2. The van der Waals surface area contributed by atoms with Crippen molar-refractivity contribution in [1.29, 1.82) is 0 Å². The van der Waals surface area contributed by atoms with Gasteiger partial charge in [-0.1, -0.05) is 19.1 Å². The summed E-state index contributed by atoms with van der Waals surface area (Å²) in [4.78, 5) is 2.50. The number of nitrogens with two attached hydrogens (primary N) is 1. The average Bonchev–Trinajstić information content (AvgIpc) is 2.56. The smallest absolute Gasteiger partial charge is 0.0407 e. The average molecular weight is 232 g/mol. The predicted molar refractivity (Wildman–Crippen MR) is 74.7 cm³/mol. The summed E-state index contributed by atoms with van der Waals surface area (Å²) in [6, 6.07) is 7.47. The van der Waals surface area contributed by atoms with Gasteiger partial charge in [-0.3, -0.25) is 0 Å². The lowest BCUT2D eigenvalue weighted by Gasteiger charge is -2.24. The van der Waals surface area contributed by atoms with Crippen LogP contribution in [0.15, 0.2) is 18.2 Å². The Bertz CT molecular complexity index is 396. The van der Waals surface area contributed by atoms with Gasteiger partial charge in [0.15, 0.2) is 0 Å². The van der Waals surface area contributed by atoms with Gasteiger partial charge in [0.25, 0.3) is 0 Å². The van der Waals surface area contributed by atoms with E-state index >= 15 is 0 Å². The topological polar surface area (TPSA) is 29.3 Å². The van der Waals surface area contributed by atoms with E-state index in [1.807, 2.05) is 0 Å². The van der Waals surface area contributed by atoms with Crippen molar-refractivity contribution in [3.8, 4) is 0 Å². The van der Waals surface area contributed by atoms with Gasteiger partial charge in [0.05, 0.1) is 0 Å². The molecule has 1 heterocycles. The van der Waals surface area contributed by atoms with E-state index in [0.29, 0.717) is 12.0 Å². The minimum atomic E-state index is 0.238. The second kappa shape index (κ2) is 4.69. The Morgan fingerprint density at radius 2 is 2.06 bits per heavy atom. The third-order valence-electron chi connectivity index (χ3n) is 3.61. The van der Waals surface area contributed by atoms with Crippen molar-refractivity contribution in [2.75, 3.05) is 11.4 Å². The minimum absolute atomic E-state index is 0.238. The number of fused-ring (bicyclic) bond motifs is 1. The van der Waals surface area contributed by atoms with Crippen LogP contribution in [0.3, 0.4) is 0 Å². The van der Waals surface area contributed by atoms with Crippen LogP contribution in [-0.2, 0) is 6.42 Å². The van der Waals surface area contributed by atoms with E-state index in [2.05, 4.69) is 50.8 Å². The van der Waals surface area contributed by atoms with Crippen LogP contribution >= 0.6 is 0 Å². The summed E-state index contributed by atoms with van der Waals surface area (Å²) in [6.07, 6.45) is 0.986. The fourth-order valence-electron chi connectivity index (χ4n) is 2.92. The van der Waals surface area contributed by atoms with Crippen molar-refractivity contribution in [1.82, 2.24) is 0 Å². The van der Waals surface area contributed by atoms with E-state index in [1.165, 1.54) is 16.8 Å². The van der Waals surface area contributed by atoms with Crippen molar-refractivity contribution in [3.63, 3.8) is 0 Å². The second-order valence-corrected chi connectivity index (χ2v) is 5.68. The lowest BCUT2D eigenvalue weighted by atomic mass is 9.94. The molecular weight excluding hydrogens is 208 g/mol. The van der Waals surface area contributed by atoms with Gasteiger partial charge in [0.2, 0.25) is 0 Å². The molecule has 0 fully saturated rings. The number of benzene rings is 1. The summed E-state index contributed by atoms with van der Waals surface area (Å²) in [7, 11) is 0. The molecule has 1 aromatic rings. The molecule has 0 aliphatic carbocycles. The van der Waals surface area contributed by atoms with Gasteiger partial charge in [-0.15, -0.1) is 0 Å². The van der Waals surface area contributed by atoms with Crippen LogP contribution in [0, 0.1) is 0 Å². The summed E-state index contributed by atoms with van der Waals surface area (Å²) >= 11 is 0. The summed E-state index contributed by atoms with van der Waals surface area (Å²) in [5, 5.41) is 0. The van der Waals surface area contributed by atoms with Gasteiger partial charge >= 0.3 is 0 Å². The van der Waals surface area contributed by atoms with E-state index in [9.17, 15) is 0 Å². The monoisotopic (exact) mass is 232 g/mol. The molecule has 17 heavy (non-hydrogen) atoms. The Balaban J connectivity index is 2.41. The fraction of sp³-hybridized carbons (Fsp3) is 0.600. The van der Waals surface area contributed by atoms with E-state index in [0.717, 1.165) is 13.0 Å². The molecule has 0 amide bonds. The first-order valence-electron chi connectivity index (χ1n) is 6.64. The van der Waals surface area contributed by atoms with E-state index < -0.39 is 0 Å². The first kappa shape index (κ1) is 12.4. The maximum atomic E-state index is 5.94. The van der Waals surface area contributed by atoms with Gasteiger partial charge < -0.3 is 10.6 Å². The zero-order valence-electron chi connectivity index (χ0n) is 11.4. The third-order valence-corrected chi connectivity index (χ3v) is 3.61. The first-order chi connectivity index (χ1) is 8.00. The Hall–Kier alpha value is -1.02. The Morgan fingerprint density at radius 1 is 1.35 bits per heavy atom. The van der Waals surface area contributed by atoms with Gasteiger partial charge in [0.1, 0.15) is 0 Å². The van der Waals surface area contributed by atoms with Crippen LogP contribution in [0.25, 0.3) is 0 Å². The van der Waals surface area contributed by atoms with Crippen molar-refractivity contribution >= 4 is 5.69 Å². The predicted octanol–water partition coefficient (Wildman–Crippen LogP) is 2.91. The molecule has 1 aliphatic rings. The quantitative estimate of drug-likeness (QED) is 0.868. The lowest BCUT2D eigenvalue weighted by Crippen LogP contribution is -2.28. The van der Waals surface area contributed by atoms with Crippen LogP contribution in [0.4, 0.5) is 5.69 Å². The Kier molecular flexibility index (Phi) is 3.43. The van der Waals surface area contributed by atoms with Crippen LogP contribution in [0.5, 0.6) is 0 Å². The molecule has 1 aliphatic heterocycles. The summed E-state index contributed by atoms with van der Waals surface area (Å²) in [5.41, 5.74) is 10.3. The first-order valence-corrected chi connectivity index (χ1v) is 6.64. The number of rotatable bonds is 3. The molecular formula is C15H24N2. The van der Waals surface area contributed by atoms with Crippen LogP contribution in [-0.4, -0.2) is 18.6 Å². The van der Waals surface area contributed by atoms with Gasteiger partial charge in [-0.2, -0.15) is 0 Å². The van der Waals surface area contributed by atoms with Crippen LogP contribution in [0.1, 0.15) is 44.7 Å². The van der Waals surface area contributed by atoms with E-state index in [-0.39, 0.29) is 6.04 Å². The molecule has 2 N–H and O–H groups in total. The second-order valence-electron chi connectivity index (χ2n) is 5.68. The zero-order chi connectivity index (χ0) is 12.6. The molecule has 94 valence electrons. The molecule has 2 heteroatoms. The molecule has 0 saturated heterocycles. The molecule has 0 saturated carbocycles. The Morgan fingerprint density at radius 3 is 2.65 bits per heavy atom. The normalized spacial score (nSPS) is 20.8. The molecule has 0 bridgehead atoms. The maximum Gasteiger partial charge on any atom is 0.0407 e. The summed E-state index contributed by atoms with van der Waals surface area (Å²) in [5.74, 6) is 0.627. The maximum absolute atomic E-state index is 5.94. The molecule has 0 aromatic heterocycles. The van der Waals surface area contributed by atoms with E-state index in [4.69, 9.17) is 5.73 Å². The van der Waals surface area contributed by atoms with Gasteiger partial charge in [-0.25, -0.2) is 0 Å². The minimum Gasteiger partial charge on any atom is -0.368 e. The number of nitrogens with zero attached hydrogens (tertiary/aromatic N) is 1. The summed E-state index contributed by atoms with van der Waals surface area (Å²) < 4.78 is 0. The highest BCUT2D eigenvalue weighted by molar-refractivity contribution is 5.63. The molecule has 2 atom stereocenters. The third kappa shape index (κ3) is 2.32. The molecule has 2 unspecified atom stereocenters. The van der Waals surface area contributed by atoms with Crippen molar-refractivity contribution in [3.05, 3.63) is 29.3 Å². The van der Waals surface area contributed by atoms with Crippen molar-refractivity contribution in [2.24, 2.45) is 5.73 Å².